The van der Waals surface area contributed by atoms with Gasteiger partial charge in [-0.25, -0.2) is 5.43 Å². The molecule has 1 heterocycles. The van der Waals surface area contributed by atoms with Crippen LogP contribution in [0.15, 0.2) is 0 Å². The maximum absolute atomic E-state index is 12.1. The van der Waals surface area contributed by atoms with E-state index in [2.05, 4.69) is 27.8 Å². The molecule has 30 heavy (non-hydrogen) atoms. The van der Waals surface area contributed by atoms with E-state index >= 15 is 0 Å². The maximum atomic E-state index is 12.1. The SMILES string of the molecule is CNNC(=O)C(C)(C)CCOC(C)(C)CCNC(=O)CCN1C(=O)CC(SS)C1=O. The van der Waals surface area contributed by atoms with Crippen LogP contribution >= 0.6 is 22.5 Å². The van der Waals surface area contributed by atoms with Crippen LogP contribution in [0.2, 0.25) is 0 Å². The van der Waals surface area contributed by atoms with Crippen LogP contribution < -0.4 is 16.2 Å². The molecule has 1 saturated heterocycles. The average Bonchev–Trinajstić information content (AvgIpc) is 2.92. The molecule has 172 valence electrons. The number of amides is 4. The Morgan fingerprint density at radius 1 is 1.23 bits per heavy atom. The Labute approximate surface area is 187 Å². The van der Waals surface area contributed by atoms with Gasteiger partial charge in [-0.05, 0) is 26.7 Å². The van der Waals surface area contributed by atoms with E-state index in [0.29, 0.717) is 26.0 Å². The first-order valence-corrected chi connectivity index (χ1v) is 11.9. The van der Waals surface area contributed by atoms with Gasteiger partial charge in [0.05, 0.1) is 5.60 Å². The van der Waals surface area contributed by atoms with E-state index in [0.717, 1.165) is 15.7 Å². The number of nitrogens with one attached hydrogen (secondary N) is 3. The minimum absolute atomic E-state index is 0.0670. The Morgan fingerprint density at radius 2 is 1.90 bits per heavy atom. The molecule has 0 saturated carbocycles. The van der Waals surface area contributed by atoms with E-state index < -0.39 is 16.3 Å². The zero-order chi connectivity index (χ0) is 22.9. The van der Waals surface area contributed by atoms with Crippen molar-refractivity contribution in [2.75, 3.05) is 26.7 Å². The van der Waals surface area contributed by atoms with Crippen LogP contribution in [0.1, 0.15) is 53.4 Å². The summed E-state index contributed by atoms with van der Waals surface area (Å²) in [6.07, 6.45) is 1.34. The largest absolute Gasteiger partial charge is 0.375 e. The third-order valence-electron chi connectivity index (χ3n) is 5.01. The van der Waals surface area contributed by atoms with Crippen molar-refractivity contribution >= 4 is 46.1 Å². The van der Waals surface area contributed by atoms with Crippen molar-refractivity contribution in [1.29, 1.82) is 0 Å². The number of imide groups is 1. The van der Waals surface area contributed by atoms with Crippen molar-refractivity contribution in [2.24, 2.45) is 5.41 Å². The smallest absolute Gasteiger partial charge is 0.243 e. The van der Waals surface area contributed by atoms with Gasteiger partial charge in [0.1, 0.15) is 5.25 Å². The molecule has 0 bridgehead atoms. The highest BCUT2D eigenvalue weighted by atomic mass is 33.1. The van der Waals surface area contributed by atoms with Gasteiger partial charge in [-0.1, -0.05) is 24.6 Å². The topological polar surface area (TPSA) is 117 Å². The highest BCUT2D eigenvalue weighted by Crippen LogP contribution is 2.27. The number of ether oxygens (including phenoxy) is 1. The van der Waals surface area contributed by atoms with Crippen LogP contribution in [0.25, 0.3) is 0 Å². The van der Waals surface area contributed by atoms with Gasteiger partial charge in [0.25, 0.3) is 0 Å². The van der Waals surface area contributed by atoms with Crippen molar-refractivity contribution in [3.05, 3.63) is 0 Å². The molecule has 1 aliphatic heterocycles. The molecular weight excluding hydrogens is 428 g/mol. The first-order valence-electron chi connectivity index (χ1n) is 9.96. The van der Waals surface area contributed by atoms with Crippen LogP contribution in [0.5, 0.6) is 0 Å². The molecule has 0 aliphatic carbocycles. The molecule has 0 spiro atoms. The quantitative estimate of drug-likeness (QED) is 0.140. The van der Waals surface area contributed by atoms with E-state index in [1.165, 1.54) is 0 Å². The molecule has 1 rings (SSSR count). The Balaban J connectivity index is 2.29. The fourth-order valence-corrected chi connectivity index (χ4v) is 3.75. The number of carbonyl (C=O) groups excluding carboxylic acids is 4. The van der Waals surface area contributed by atoms with Crippen molar-refractivity contribution in [1.82, 2.24) is 21.1 Å². The van der Waals surface area contributed by atoms with Crippen molar-refractivity contribution in [3.8, 4) is 0 Å². The molecule has 1 unspecified atom stereocenters. The predicted octanol–water partition coefficient (Wildman–Crippen LogP) is 1.05. The van der Waals surface area contributed by atoms with Crippen molar-refractivity contribution in [2.45, 2.75) is 64.2 Å². The second-order valence-corrected chi connectivity index (χ2v) is 9.89. The molecule has 9 nitrogen and oxygen atoms in total. The lowest BCUT2D eigenvalue weighted by Crippen LogP contribution is -2.44. The van der Waals surface area contributed by atoms with E-state index in [-0.39, 0.29) is 43.0 Å². The van der Waals surface area contributed by atoms with Gasteiger partial charge in [-0.15, -0.1) is 11.7 Å². The standard InChI is InChI=1S/C19H34N4O5S2/c1-18(2,17(27)22-20-5)8-11-28-19(3,4)7-9-21-14(24)6-10-23-15(25)12-13(30-29)16(23)26/h13,20,29H,6-12H2,1-5H3,(H,21,24)(H,22,27). The van der Waals surface area contributed by atoms with Gasteiger partial charge < -0.3 is 10.1 Å². The van der Waals surface area contributed by atoms with E-state index in [9.17, 15) is 19.2 Å². The second-order valence-electron chi connectivity index (χ2n) is 8.48. The van der Waals surface area contributed by atoms with Gasteiger partial charge in [0.15, 0.2) is 0 Å². The van der Waals surface area contributed by atoms with E-state index in [1.807, 2.05) is 27.7 Å². The second kappa shape index (κ2) is 11.9. The van der Waals surface area contributed by atoms with Crippen LogP contribution in [0.3, 0.4) is 0 Å². The lowest BCUT2D eigenvalue weighted by Gasteiger charge is -2.29. The van der Waals surface area contributed by atoms with E-state index in [4.69, 9.17) is 4.74 Å². The number of thiol groups is 1. The summed E-state index contributed by atoms with van der Waals surface area (Å²) in [6.45, 7) is 8.46. The normalized spacial score (nSPS) is 17.4. The molecule has 0 aromatic carbocycles. The predicted molar refractivity (Wildman–Crippen MR) is 120 cm³/mol. The summed E-state index contributed by atoms with van der Waals surface area (Å²) >= 11 is 4.00. The number of hydrazine groups is 1. The number of nitrogens with zero attached hydrogens (tertiary/aromatic N) is 1. The summed E-state index contributed by atoms with van der Waals surface area (Å²) in [7, 11) is 2.69. The van der Waals surface area contributed by atoms with Crippen molar-refractivity contribution < 1.29 is 23.9 Å². The summed E-state index contributed by atoms with van der Waals surface area (Å²) in [4.78, 5) is 49.0. The fourth-order valence-electron chi connectivity index (χ4n) is 2.83. The van der Waals surface area contributed by atoms with Gasteiger partial charge in [0.2, 0.25) is 23.6 Å². The molecule has 0 radical (unpaired) electrons. The lowest BCUT2D eigenvalue weighted by atomic mass is 9.89. The molecule has 4 amide bonds. The van der Waals surface area contributed by atoms with Crippen molar-refractivity contribution in [3.63, 3.8) is 0 Å². The average molecular weight is 463 g/mol. The zero-order valence-corrected chi connectivity index (χ0v) is 20.1. The van der Waals surface area contributed by atoms with Crippen LogP contribution in [0.4, 0.5) is 0 Å². The highest BCUT2D eigenvalue weighted by molar-refractivity contribution is 8.69. The first-order chi connectivity index (χ1) is 13.9. The highest BCUT2D eigenvalue weighted by Gasteiger charge is 2.38. The van der Waals surface area contributed by atoms with Gasteiger partial charge in [-0.2, -0.15) is 0 Å². The number of carbonyl (C=O) groups is 4. The maximum Gasteiger partial charge on any atom is 0.243 e. The third kappa shape index (κ3) is 8.44. The molecule has 3 N–H and O–H groups in total. The molecule has 1 fully saturated rings. The number of rotatable bonds is 13. The van der Waals surface area contributed by atoms with Crippen LogP contribution in [0, 0.1) is 5.41 Å². The zero-order valence-electron chi connectivity index (χ0n) is 18.4. The molecular formula is C19H34N4O5S2. The first kappa shape index (κ1) is 26.7. The summed E-state index contributed by atoms with van der Waals surface area (Å²) in [5.41, 5.74) is 4.17. The lowest BCUT2D eigenvalue weighted by molar-refractivity contribution is -0.138. The Hall–Kier alpha value is -1.30. The third-order valence-corrected chi connectivity index (χ3v) is 6.40. The Bertz CT molecular complexity index is 642. The summed E-state index contributed by atoms with van der Waals surface area (Å²) in [5.74, 6) is -0.875. The molecule has 0 aromatic rings. The summed E-state index contributed by atoms with van der Waals surface area (Å²) in [5, 5.41) is 2.34. The molecule has 0 aromatic heterocycles. The molecule has 11 heteroatoms. The Kier molecular flexibility index (Phi) is 10.6. The van der Waals surface area contributed by atoms with Crippen LogP contribution in [-0.4, -0.2) is 66.1 Å². The summed E-state index contributed by atoms with van der Waals surface area (Å²) < 4.78 is 5.91. The molecule has 1 atom stereocenters. The number of hydrogen-bond acceptors (Lipinski definition) is 8. The van der Waals surface area contributed by atoms with Gasteiger partial charge in [-0.3, -0.25) is 29.5 Å². The van der Waals surface area contributed by atoms with Crippen LogP contribution in [-0.2, 0) is 23.9 Å². The molecule has 1 aliphatic rings. The Morgan fingerprint density at radius 3 is 2.47 bits per heavy atom. The van der Waals surface area contributed by atoms with Gasteiger partial charge in [0, 0.05) is 45.0 Å². The minimum Gasteiger partial charge on any atom is -0.375 e. The number of hydrogen-bond donors (Lipinski definition) is 4. The number of likely N-dealkylation sites (tertiary alicyclic amines) is 1. The fraction of sp³-hybridized carbons (Fsp3) is 0.789. The minimum atomic E-state index is -0.567. The summed E-state index contributed by atoms with van der Waals surface area (Å²) in [6, 6.07) is 0. The van der Waals surface area contributed by atoms with E-state index in [1.54, 1.807) is 7.05 Å². The van der Waals surface area contributed by atoms with Gasteiger partial charge >= 0.3 is 0 Å². The monoisotopic (exact) mass is 462 g/mol.